The van der Waals surface area contributed by atoms with E-state index >= 15 is 0 Å². The van der Waals surface area contributed by atoms with Crippen molar-refractivity contribution in [3.8, 4) is 11.3 Å². The Morgan fingerprint density at radius 2 is 1.93 bits per heavy atom. The number of amides is 1. The number of hydrogen-bond acceptors (Lipinski definition) is 4. The highest BCUT2D eigenvalue weighted by molar-refractivity contribution is 7.14. The number of carbonyl (C=O) groups excluding carboxylic acids is 1. The molecule has 0 spiro atoms. The highest BCUT2D eigenvalue weighted by Gasteiger charge is 2.31. The molecule has 1 aliphatic heterocycles. The van der Waals surface area contributed by atoms with Gasteiger partial charge in [-0.25, -0.2) is 4.98 Å². The summed E-state index contributed by atoms with van der Waals surface area (Å²) in [5.74, 6) is 0.352. The third-order valence-electron chi connectivity index (χ3n) is 5.49. The van der Waals surface area contributed by atoms with Gasteiger partial charge in [-0.2, -0.15) is 0 Å². The molecule has 1 saturated carbocycles. The maximum absolute atomic E-state index is 13.3. The van der Waals surface area contributed by atoms with E-state index in [4.69, 9.17) is 21.3 Å². The molecule has 1 aromatic carbocycles. The number of thiazole rings is 1. The SMILES string of the molecule is O=C(C1CCCCC1)N(CC1CCCO1)c1nc(-c2ccc(Cl)cc2)cs1. The number of benzene rings is 1. The fourth-order valence-corrected chi connectivity index (χ4v) is 4.94. The van der Waals surface area contributed by atoms with E-state index in [0.29, 0.717) is 11.6 Å². The van der Waals surface area contributed by atoms with Gasteiger partial charge >= 0.3 is 0 Å². The van der Waals surface area contributed by atoms with Crippen molar-refractivity contribution in [1.29, 1.82) is 0 Å². The summed E-state index contributed by atoms with van der Waals surface area (Å²) in [6, 6.07) is 7.67. The minimum atomic E-state index is 0.125. The number of ether oxygens (including phenoxy) is 1. The van der Waals surface area contributed by atoms with Crippen LogP contribution in [0.3, 0.4) is 0 Å². The van der Waals surface area contributed by atoms with Gasteiger partial charge in [0.1, 0.15) is 0 Å². The third-order valence-corrected chi connectivity index (χ3v) is 6.61. The van der Waals surface area contributed by atoms with Crippen molar-refractivity contribution in [1.82, 2.24) is 4.98 Å². The van der Waals surface area contributed by atoms with Crippen LogP contribution in [0.4, 0.5) is 5.13 Å². The van der Waals surface area contributed by atoms with Gasteiger partial charge in [0.15, 0.2) is 5.13 Å². The van der Waals surface area contributed by atoms with Gasteiger partial charge in [-0.3, -0.25) is 9.69 Å². The molecular formula is C21H25ClN2O2S. The number of nitrogens with zero attached hydrogens (tertiary/aromatic N) is 2. The lowest BCUT2D eigenvalue weighted by atomic mass is 9.88. The number of anilines is 1. The molecule has 4 rings (SSSR count). The first kappa shape index (κ1) is 18.9. The van der Waals surface area contributed by atoms with Crippen LogP contribution >= 0.6 is 22.9 Å². The molecule has 1 amide bonds. The molecular weight excluding hydrogens is 380 g/mol. The van der Waals surface area contributed by atoms with Crippen LogP contribution in [0.1, 0.15) is 44.9 Å². The van der Waals surface area contributed by atoms with Crippen LogP contribution in [0.15, 0.2) is 29.6 Å². The zero-order chi connectivity index (χ0) is 18.6. The monoisotopic (exact) mass is 404 g/mol. The smallest absolute Gasteiger partial charge is 0.231 e. The van der Waals surface area contributed by atoms with E-state index in [-0.39, 0.29) is 17.9 Å². The average Bonchev–Trinajstić information content (AvgIpc) is 3.39. The minimum absolute atomic E-state index is 0.125. The molecule has 1 unspecified atom stereocenters. The first-order valence-electron chi connectivity index (χ1n) is 9.85. The Morgan fingerprint density at radius 1 is 1.15 bits per heavy atom. The topological polar surface area (TPSA) is 42.4 Å². The molecule has 1 atom stereocenters. The maximum Gasteiger partial charge on any atom is 0.231 e. The van der Waals surface area contributed by atoms with E-state index in [1.807, 2.05) is 34.5 Å². The third kappa shape index (κ3) is 4.53. The van der Waals surface area contributed by atoms with E-state index < -0.39 is 0 Å². The largest absolute Gasteiger partial charge is 0.376 e. The first-order chi connectivity index (χ1) is 13.2. The van der Waals surface area contributed by atoms with E-state index in [1.165, 1.54) is 17.8 Å². The summed E-state index contributed by atoms with van der Waals surface area (Å²) < 4.78 is 5.82. The van der Waals surface area contributed by atoms with Gasteiger partial charge in [-0.1, -0.05) is 43.0 Å². The van der Waals surface area contributed by atoms with E-state index in [0.717, 1.165) is 61.5 Å². The van der Waals surface area contributed by atoms with Crippen molar-refractivity contribution in [2.24, 2.45) is 5.92 Å². The van der Waals surface area contributed by atoms with Crippen LogP contribution in [-0.2, 0) is 9.53 Å². The second kappa shape index (κ2) is 8.72. The summed E-state index contributed by atoms with van der Waals surface area (Å²) in [4.78, 5) is 20.0. The van der Waals surface area contributed by atoms with Gasteiger partial charge in [0.2, 0.25) is 5.91 Å². The summed E-state index contributed by atoms with van der Waals surface area (Å²) in [5, 5.41) is 3.52. The molecule has 2 heterocycles. The molecule has 0 radical (unpaired) electrons. The average molecular weight is 405 g/mol. The number of aromatic nitrogens is 1. The molecule has 1 aliphatic carbocycles. The van der Waals surface area contributed by atoms with Crippen LogP contribution < -0.4 is 4.90 Å². The Balaban J connectivity index is 1.57. The minimum Gasteiger partial charge on any atom is -0.376 e. The van der Waals surface area contributed by atoms with Crippen molar-refractivity contribution in [3.05, 3.63) is 34.7 Å². The molecule has 1 aromatic heterocycles. The second-order valence-electron chi connectivity index (χ2n) is 7.44. The van der Waals surface area contributed by atoms with Crippen molar-refractivity contribution in [2.45, 2.75) is 51.0 Å². The fraction of sp³-hybridized carbons (Fsp3) is 0.524. The van der Waals surface area contributed by atoms with E-state index in [9.17, 15) is 4.79 Å². The maximum atomic E-state index is 13.3. The van der Waals surface area contributed by atoms with E-state index in [2.05, 4.69) is 0 Å². The molecule has 0 bridgehead atoms. The predicted molar refractivity (Wildman–Crippen MR) is 110 cm³/mol. The number of hydrogen-bond donors (Lipinski definition) is 0. The lowest BCUT2D eigenvalue weighted by molar-refractivity contribution is -0.123. The van der Waals surface area contributed by atoms with Crippen LogP contribution in [0, 0.1) is 5.92 Å². The van der Waals surface area contributed by atoms with Gasteiger partial charge in [-0.15, -0.1) is 11.3 Å². The Labute approximate surface area is 169 Å². The summed E-state index contributed by atoms with van der Waals surface area (Å²) in [5.41, 5.74) is 1.91. The molecule has 0 N–H and O–H groups in total. The van der Waals surface area contributed by atoms with Gasteiger partial charge in [0.05, 0.1) is 18.3 Å². The molecule has 1 saturated heterocycles. The molecule has 27 heavy (non-hydrogen) atoms. The molecule has 2 fully saturated rings. The van der Waals surface area contributed by atoms with E-state index in [1.54, 1.807) is 0 Å². The van der Waals surface area contributed by atoms with Gasteiger partial charge in [0, 0.05) is 28.5 Å². The normalized spacial score (nSPS) is 20.7. The standard InChI is InChI=1S/C21H25ClN2O2S/c22-17-10-8-15(9-11-17)19-14-27-21(23-19)24(13-18-7-4-12-26-18)20(25)16-5-2-1-3-6-16/h8-11,14,16,18H,1-7,12-13H2. The van der Waals surface area contributed by atoms with Gasteiger partial charge in [0.25, 0.3) is 0 Å². The van der Waals surface area contributed by atoms with Crippen LogP contribution in [0.25, 0.3) is 11.3 Å². The summed E-state index contributed by atoms with van der Waals surface area (Å²) >= 11 is 7.53. The Bertz CT molecular complexity index is 765. The van der Waals surface area contributed by atoms with Crippen molar-refractivity contribution in [2.75, 3.05) is 18.1 Å². The van der Waals surface area contributed by atoms with Crippen LogP contribution in [0.5, 0.6) is 0 Å². The molecule has 2 aromatic rings. The second-order valence-corrected chi connectivity index (χ2v) is 8.71. The Hall–Kier alpha value is -1.43. The fourth-order valence-electron chi connectivity index (χ4n) is 3.97. The van der Waals surface area contributed by atoms with Crippen LogP contribution in [-0.4, -0.2) is 30.1 Å². The highest BCUT2D eigenvalue weighted by Crippen LogP contribution is 2.33. The first-order valence-corrected chi connectivity index (χ1v) is 11.1. The lowest BCUT2D eigenvalue weighted by Crippen LogP contribution is -2.41. The number of rotatable bonds is 5. The Morgan fingerprint density at radius 3 is 2.63 bits per heavy atom. The molecule has 2 aliphatic rings. The highest BCUT2D eigenvalue weighted by atomic mass is 35.5. The summed E-state index contributed by atoms with van der Waals surface area (Å²) in [7, 11) is 0. The van der Waals surface area contributed by atoms with Gasteiger partial charge in [-0.05, 0) is 37.8 Å². The van der Waals surface area contributed by atoms with Crippen LogP contribution in [0.2, 0.25) is 5.02 Å². The zero-order valence-electron chi connectivity index (χ0n) is 15.4. The molecule has 6 heteroatoms. The quantitative estimate of drug-likeness (QED) is 0.655. The number of halogens is 1. The zero-order valence-corrected chi connectivity index (χ0v) is 17.0. The van der Waals surface area contributed by atoms with Gasteiger partial charge < -0.3 is 4.74 Å². The Kier molecular flexibility index (Phi) is 6.11. The summed E-state index contributed by atoms with van der Waals surface area (Å²) in [6.07, 6.45) is 7.75. The molecule has 4 nitrogen and oxygen atoms in total. The van der Waals surface area contributed by atoms with Crippen molar-refractivity contribution in [3.63, 3.8) is 0 Å². The lowest BCUT2D eigenvalue weighted by Gasteiger charge is -2.29. The predicted octanol–water partition coefficient (Wildman–Crippen LogP) is 5.56. The van der Waals surface area contributed by atoms with Crippen molar-refractivity contribution >= 4 is 34.0 Å². The summed E-state index contributed by atoms with van der Waals surface area (Å²) in [6.45, 7) is 1.41. The molecule has 144 valence electrons. The van der Waals surface area contributed by atoms with Crippen molar-refractivity contribution < 1.29 is 9.53 Å². The number of carbonyl (C=O) groups is 1.